The average Bonchev–Trinajstić information content (AvgIpc) is 2.87. The normalized spacial score (nSPS) is 18.8. The van der Waals surface area contributed by atoms with Crippen molar-refractivity contribution in [3.8, 4) is 0 Å². The molecule has 1 aliphatic rings. The third-order valence-electron chi connectivity index (χ3n) is 3.92. The molecule has 0 amide bonds. The van der Waals surface area contributed by atoms with E-state index in [1.165, 1.54) is 9.75 Å². The van der Waals surface area contributed by atoms with Gasteiger partial charge in [0, 0.05) is 42.5 Å². The average molecular weight is 327 g/mol. The molecule has 1 fully saturated rings. The number of thiophene rings is 1. The molecule has 0 aliphatic carbocycles. The first kappa shape index (κ1) is 17.9. The third-order valence-corrected chi connectivity index (χ3v) is 5.42. The van der Waals surface area contributed by atoms with Gasteiger partial charge in [-0.2, -0.15) is 0 Å². The molecule has 0 spiro atoms. The molecule has 1 aromatic rings. The fraction of sp³-hybridized carbons (Fsp3) is 0.765. The number of hydrogen-bond donors (Lipinski definition) is 1. The number of morpholine rings is 1. The van der Waals surface area contributed by atoms with E-state index >= 15 is 0 Å². The van der Waals surface area contributed by atoms with Gasteiger partial charge in [-0.05, 0) is 24.6 Å². The quantitative estimate of drug-likeness (QED) is 0.869. The molecule has 22 heavy (non-hydrogen) atoms. The fourth-order valence-electron chi connectivity index (χ4n) is 2.70. The molecule has 2 rings (SSSR count). The number of hydrogen-bond acceptors (Lipinski definition) is 5. The van der Waals surface area contributed by atoms with Gasteiger partial charge < -0.3 is 9.84 Å². The van der Waals surface area contributed by atoms with Crippen LogP contribution in [0, 0.1) is 0 Å². The van der Waals surface area contributed by atoms with E-state index in [0.717, 1.165) is 39.4 Å². The molecule has 1 N–H and O–H groups in total. The van der Waals surface area contributed by atoms with E-state index < -0.39 is 0 Å². The van der Waals surface area contributed by atoms with E-state index in [0.29, 0.717) is 6.54 Å². The van der Waals surface area contributed by atoms with Crippen molar-refractivity contribution in [2.45, 2.75) is 38.8 Å². The van der Waals surface area contributed by atoms with E-state index in [1.54, 1.807) is 0 Å². The Balaban J connectivity index is 1.76. The Labute approximate surface area is 138 Å². The summed E-state index contributed by atoms with van der Waals surface area (Å²) in [4.78, 5) is 7.28. The van der Waals surface area contributed by atoms with Crippen molar-refractivity contribution in [2.24, 2.45) is 0 Å². The summed E-state index contributed by atoms with van der Waals surface area (Å²) < 4.78 is 5.34. The number of aliphatic hydroxyl groups excluding tert-OH is 1. The minimum Gasteiger partial charge on any atom is -0.390 e. The first-order valence-corrected chi connectivity index (χ1v) is 8.92. The van der Waals surface area contributed by atoms with Gasteiger partial charge in [0.05, 0.1) is 19.3 Å². The van der Waals surface area contributed by atoms with E-state index in [-0.39, 0.29) is 11.5 Å². The van der Waals surface area contributed by atoms with Crippen LogP contribution in [0.1, 0.15) is 30.5 Å². The Bertz CT molecular complexity index is 450. The maximum atomic E-state index is 10.3. The van der Waals surface area contributed by atoms with Crippen LogP contribution in [0.2, 0.25) is 0 Å². The highest BCUT2D eigenvalue weighted by molar-refractivity contribution is 7.12. The third kappa shape index (κ3) is 5.63. The van der Waals surface area contributed by atoms with Crippen LogP contribution in [0.5, 0.6) is 0 Å². The molecule has 1 atom stereocenters. The molecular weight excluding hydrogens is 296 g/mol. The van der Waals surface area contributed by atoms with Crippen LogP contribution >= 0.6 is 11.3 Å². The van der Waals surface area contributed by atoms with Gasteiger partial charge in [0.1, 0.15) is 0 Å². The molecule has 0 bridgehead atoms. The first-order chi connectivity index (χ1) is 10.3. The number of nitrogens with zero attached hydrogens (tertiary/aromatic N) is 2. The highest BCUT2D eigenvalue weighted by Gasteiger charge is 2.18. The van der Waals surface area contributed by atoms with Crippen molar-refractivity contribution in [1.29, 1.82) is 0 Å². The fourth-order valence-corrected chi connectivity index (χ4v) is 3.84. The van der Waals surface area contributed by atoms with Gasteiger partial charge in [-0.25, -0.2) is 0 Å². The summed E-state index contributed by atoms with van der Waals surface area (Å²) >= 11 is 1.88. The number of β-amino-alcohol motifs (C(OH)–C–C–N with tert-alkyl or cyclic N) is 1. The van der Waals surface area contributed by atoms with Gasteiger partial charge in [-0.15, -0.1) is 11.3 Å². The molecular formula is C17H30N2O2S. The lowest BCUT2D eigenvalue weighted by molar-refractivity contribution is 0.00830. The standard InChI is InChI=1S/C17H30N2O2S/c1-17(2,3)16-6-5-15(22-16)13-18(4)11-14(20)12-19-7-9-21-10-8-19/h5-6,14,20H,7-13H2,1-4H3. The predicted octanol–water partition coefficient (Wildman–Crippen LogP) is 2.17. The second-order valence-electron chi connectivity index (χ2n) is 7.28. The molecule has 0 radical (unpaired) electrons. The Morgan fingerprint density at radius 2 is 2.00 bits per heavy atom. The smallest absolute Gasteiger partial charge is 0.0793 e. The van der Waals surface area contributed by atoms with E-state index in [2.05, 4.69) is 49.8 Å². The predicted molar refractivity (Wildman–Crippen MR) is 92.6 cm³/mol. The van der Waals surface area contributed by atoms with E-state index in [4.69, 9.17) is 4.74 Å². The monoisotopic (exact) mass is 326 g/mol. The summed E-state index contributed by atoms with van der Waals surface area (Å²) in [5, 5.41) is 10.3. The Kier molecular flexibility index (Phi) is 6.41. The molecule has 2 heterocycles. The Morgan fingerprint density at radius 3 is 2.59 bits per heavy atom. The van der Waals surface area contributed by atoms with Crippen molar-refractivity contribution in [2.75, 3.05) is 46.4 Å². The summed E-state index contributed by atoms with van der Waals surface area (Å²) in [6, 6.07) is 4.45. The maximum absolute atomic E-state index is 10.3. The molecule has 0 aromatic carbocycles. The number of aliphatic hydroxyl groups is 1. The minimum absolute atomic E-state index is 0.220. The van der Waals surface area contributed by atoms with E-state index in [1.807, 2.05) is 11.3 Å². The Morgan fingerprint density at radius 1 is 1.32 bits per heavy atom. The highest BCUT2D eigenvalue weighted by Crippen LogP contribution is 2.29. The molecule has 5 heteroatoms. The molecule has 1 aromatic heterocycles. The van der Waals surface area contributed by atoms with Crippen LogP contribution in [-0.2, 0) is 16.7 Å². The lowest BCUT2D eigenvalue weighted by Crippen LogP contribution is -2.43. The SMILES string of the molecule is CN(Cc1ccc(C(C)(C)C)s1)CC(O)CN1CCOCC1. The van der Waals surface area contributed by atoms with Crippen molar-refractivity contribution in [1.82, 2.24) is 9.80 Å². The summed E-state index contributed by atoms with van der Waals surface area (Å²) in [5.74, 6) is 0. The van der Waals surface area contributed by atoms with Crippen LogP contribution in [0.25, 0.3) is 0 Å². The molecule has 1 unspecified atom stereocenters. The summed E-state index contributed by atoms with van der Waals surface area (Å²) in [5.41, 5.74) is 0.220. The summed E-state index contributed by atoms with van der Waals surface area (Å²) in [6.07, 6.45) is -0.301. The van der Waals surface area contributed by atoms with Crippen LogP contribution < -0.4 is 0 Å². The van der Waals surface area contributed by atoms with Crippen molar-refractivity contribution in [3.05, 3.63) is 21.9 Å². The van der Waals surface area contributed by atoms with Crippen LogP contribution in [0.4, 0.5) is 0 Å². The van der Waals surface area contributed by atoms with Gasteiger partial charge in [-0.3, -0.25) is 9.80 Å². The molecule has 126 valence electrons. The van der Waals surface area contributed by atoms with Gasteiger partial charge in [0.25, 0.3) is 0 Å². The van der Waals surface area contributed by atoms with Crippen LogP contribution in [-0.4, -0.2) is 67.5 Å². The highest BCUT2D eigenvalue weighted by atomic mass is 32.1. The topological polar surface area (TPSA) is 35.9 Å². The Hall–Kier alpha value is -0.460. The minimum atomic E-state index is -0.301. The lowest BCUT2D eigenvalue weighted by atomic mass is 9.95. The summed E-state index contributed by atoms with van der Waals surface area (Å²) in [7, 11) is 2.08. The number of likely N-dealkylation sites (N-methyl/N-ethyl adjacent to an activating group) is 1. The largest absolute Gasteiger partial charge is 0.390 e. The molecule has 4 nitrogen and oxygen atoms in total. The number of ether oxygens (including phenoxy) is 1. The van der Waals surface area contributed by atoms with E-state index in [9.17, 15) is 5.11 Å². The summed E-state index contributed by atoms with van der Waals surface area (Å²) in [6.45, 7) is 12.5. The zero-order valence-corrected chi connectivity index (χ0v) is 15.2. The number of rotatable bonds is 6. The molecule has 1 saturated heterocycles. The zero-order valence-electron chi connectivity index (χ0n) is 14.3. The zero-order chi connectivity index (χ0) is 16.2. The molecule has 1 aliphatic heterocycles. The van der Waals surface area contributed by atoms with Crippen LogP contribution in [0.15, 0.2) is 12.1 Å². The first-order valence-electron chi connectivity index (χ1n) is 8.10. The van der Waals surface area contributed by atoms with Crippen molar-refractivity contribution in [3.63, 3.8) is 0 Å². The second-order valence-corrected chi connectivity index (χ2v) is 8.45. The van der Waals surface area contributed by atoms with Gasteiger partial charge in [0.15, 0.2) is 0 Å². The van der Waals surface area contributed by atoms with Gasteiger partial charge >= 0.3 is 0 Å². The van der Waals surface area contributed by atoms with Gasteiger partial charge in [0.2, 0.25) is 0 Å². The maximum Gasteiger partial charge on any atom is 0.0793 e. The molecule has 0 saturated carbocycles. The van der Waals surface area contributed by atoms with Crippen LogP contribution in [0.3, 0.4) is 0 Å². The lowest BCUT2D eigenvalue weighted by Gasteiger charge is -2.30. The van der Waals surface area contributed by atoms with Crippen molar-refractivity contribution >= 4 is 11.3 Å². The van der Waals surface area contributed by atoms with Gasteiger partial charge in [-0.1, -0.05) is 20.8 Å². The second kappa shape index (κ2) is 7.88. The van der Waals surface area contributed by atoms with Crippen molar-refractivity contribution < 1.29 is 9.84 Å².